The smallest absolute Gasteiger partial charge is 0.319 e. The molecule has 0 aromatic heterocycles. The molecule has 0 saturated heterocycles. The average molecular weight is 389 g/mol. The van der Waals surface area contributed by atoms with Crippen LogP contribution in [0.4, 0.5) is 10.5 Å². The maximum absolute atomic E-state index is 11.8. The monoisotopic (exact) mass is 389 g/mol. The standard InChI is InChI=1S/C15H24IN3O/c1-11(2)19(12(3)4)10-9-17-15(20)18-14-7-5-13(16)6-8-14/h5-8,11-12H,9-10H2,1-4H3,(H2,17,18,20). The van der Waals surface area contributed by atoms with Gasteiger partial charge in [-0.15, -0.1) is 0 Å². The predicted molar refractivity (Wildman–Crippen MR) is 93.2 cm³/mol. The number of nitrogens with one attached hydrogen (secondary N) is 2. The molecule has 2 amide bonds. The minimum absolute atomic E-state index is 0.154. The Morgan fingerprint density at radius 2 is 1.70 bits per heavy atom. The molecule has 112 valence electrons. The fraction of sp³-hybridized carbons (Fsp3) is 0.533. The topological polar surface area (TPSA) is 44.4 Å². The van der Waals surface area contributed by atoms with Crippen LogP contribution in [0.25, 0.3) is 0 Å². The van der Waals surface area contributed by atoms with E-state index in [-0.39, 0.29) is 6.03 Å². The number of carbonyl (C=O) groups excluding carboxylic acids is 1. The summed E-state index contributed by atoms with van der Waals surface area (Å²) in [6.07, 6.45) is 0. The van der Waals surface area contributed by atoms with E-state index in [0.29, 0.717) is 18.6 Å². The van der Waals surface area contributed by atoms with Gasteiger partial charge in [0.1, 0.15) is 0 Å². The van der Waals surface area contributed by atoms with E-state index in [2.05, 4.69) is 65.8 Å². The molecule has 0 spiro atoms. The fourth-order valence-corrected chi connectivity index (χ4v) is 2.48. The van der Waals surface area contributed by atoms with E-state index in [1.54, 1.807) is 0 Å². The SMILES string of the molecule is CC(C)N(CCNC(=O)Nc1ccc(I)cc1)C(C)C. The third-order valence-electron chi connectivity index (χ3n) is 3.08. The summed E-state index contributed by atoms with van der Waals surface area (Å²) in [4.78, 5) is 14.1. The van der Waals surface area contributed by atoms with Crippen LogP contribution in [-0.4, -0.2) is 36.1 Å². The Labute approximate surface area is 135 Å². The summed E-state index contributed by atoms with van der Waals surface area (Å²) in [6.45, 7) is 10.2. The van der Waals surface area contributed by atoms with Crippen molar-refractivity contribution in [2.75, 3.05) is 18.4 Å². The van der Waals surface area contributed by atoms with Gasteiger partial charge in [0.05, 0.1) is 0 Å². The number of hydrogen-bond acceptors (Lipinski definition) is 2. The Kier molecular flexibility index (Phi) is 7.29. The molecule has 5 heteroatoms. The molecule has 2 N–H and O–H groups in total. The first-order valence-corrected chi connectivity index (χ1v) is 8.04. The minimum Gasteiger partial charge on any atom is -0.337 e. The van der Waals surface area contributed by atoms with Crippen molar-refractivity contribution in [1.82, 2.24) is 10.2 Å². The Hall–Kier alpha value is -0.820. The Morgan fingerprint density at radius 3 is 2.20 bits per heavy atom. The molecule has 1 aromatic rings. The molecule has 0 unspecified atom stereocenters. The number of rotatable bonds is 6. The summed E-state index contributed by atoms with van der Waals surface area (Å²) in [5, 5.41) is 5.72. The highest BCUT2D eigenvalue weighted by Crippen LogP contribution is 2.10. The zero-order chi connectivity index (χ0) is 15.1. The van der Waals surface area contributed by atoms with Crippen LogP contribution >= 0.6 is 22.6 Å². The van der Waals surface area contributed by atoms with Gasteiger partial charge in [-0.25, -0.2) is 4.79 Å². The Balaban J connectivity index is 2.34. The van der Waals surface area contributed by atoms with Gasteiger partial charge in [0.15, 0.2) is 0 Å². The number of amides is 2. The van der Waals surface area contributed by atoms with E-state index in [0.717, 1.165) is 15.8 Å². The third-order valence-corrected chi connectivity index (χ3v) is 3.80. The Bertz CT molecular complexity index is 410. The molecule has 0 fully saturated rings. The lowest BCUT2D eigenvalue weighted by molar-refractivity contribution is 0.176. The molecular formula is C15H24IN3O. The molecule has 20 heavy (non-hydrogen) atoms. The molecule has 0 aliphatic rings. The van der Waals surface area contributed by atoms with E-state index in [9.17, 15) is 4.79 Å². The predicted octanol–water partition coefficient (Wildman–Crippen LogP) is 3.53. The maximum atomic E-state index is 11.8. The van der Waals surface area contributed by atoms with Crippen molar-refractivity contribution in [2.45, 2.75) is 39.8 Å². The van der Waals surface area contributed by atoms with Crippen LogP contribution in [0.15, 0.2) is 24.3 Å². The van der Waals surface area contributed by atoms with Gasteiger partial charge in [-0.1, -0.05) is 0 Å². The highest BCUT2D eigenvalue weighted by Gasteiger charge is 2.12. The van der Waals surface area contributed by atoms with Gasteiger partial charge in [-0.05, 0) is 74.6 Å². The van der Waals surface area contributed by atoms with Crippen molar-refractivity contribution < 1.29 is 4.79 Å². The van der Waals surface area contributed by atoms with Crippen molar-refractivity contribution in [1.29, 1.82) is 0 Å². The van der Waals surface area contributed by atoms with Crippen molar-refractivity contribution >= 4 is 34.3 Å². The second-order valence-electron chi connectivity index (χ2n) is 5.31. The van der Waals surface area contributed by atoms with Crippen molar-refractivity contribution in [2.24, 2.45) is 0 Å². The van der Waals surface area contributed by atoms with Gasteiger partial charge in [0, 0.05) is 34.4 Å². The summed E-state index contributed by atoms with van der Waals surface area (Å²) >= 11 is 2.24. The lowest BCUT2D eigenvalue weighted by Gasteiger charge is -2.30. The lowest BCUT2D eigenvalue weighted by atomic mass is 10.2. The molecule has 0 heterocycles. The molecule has 0 aliphatic carbocycles. The van der Waals surface area contributed by atoms with E-state index < -0.39 is 0 Å². The molecular weight excluding hydrogens is 365 g/mol. The highest BCUT2D eigenvalue weighted by atomic mass is 127. The van der Waals surface area contributed by atoms with Crippen LogP contribution in [0.3, 0.4) is 0 Å². The summed E-state index contributed by atoms with van der Waals surface area (Å²) in [5.41, 5.74) is 0.812. The van der Waals surface area contributed by atoms with Gasteiger partial charge < -0.3 is 10.6 Å². The number of halogens is 1. The molecule has 1 aromatic carbocycles. The van der Waals surface area contributed by atoms with Crippen LogP contribution in [0.5, 0.6) is 0 Å². The quantitative estimate of drug-likeness (QED) is 0.732. The van der Waals surface area contributed by atoms with Crippen molar-refractivity contribution in [3.63, 3.8) is 0 Å². The molecule has 1 rings (SSSR count). The van der Waals surface area contributed by atoms with Crippen molar-refractivity contribution in [3.8, 4) is 0 Å². The van der Waals surface area contributed by atoms with Gasteiger partial charge in [-0.2, -0.15) is 0 Å². The fourth-order valence-electron chi connectivity index (χ4n) is 2.12. The van der Waals surface area contributed by atoms with Gasteiger partial charge >= 0.3 is 6.03 Å². The number of urea groups is 1. The number of nitrogens with zero attached hydrogens (tertiary/aromatic N) is 1. The molecule has 0 atom stereocenters. The zero-order valence-corrected chi connectivity index (χ0v) is 14.8. The number of anilines is 1. The normalized spacial score (nSPS) is 11.2. The molecule has 0 aliphatic heterocycles. The van der Waals surface area contributed by atoms with Gasteiger partial charge in [0.25, 0.3) is 0 Å². The lowest BCUT2D eigenvalue weighted by Crippen LogP contribution is -2.43. The highest BCUT2D eigenvalue weighted by molar-refractivity contribution is 14.1. The summed E-state index contributed by atoms with van der Waals surface area (Å²) in [5.74, 6) is 0. The van der Waals surface area contributed by atoms with Crippen LogP contribution in [-0.2, 0) is 0 Å². The first-order valence-electron chi connectivity index (χ1n) is 6.96. The first-order chi connectivity index (χ1) is 9.40. The van der Waals surface area contributed by atoms with Crippen LogP contribution in [0.1, 0.15) is 27.7 Å². The molecule has 0 saturated carbocycles. The van der Waals surface area contributed by atoms with E-state index in [1.165, 1.54) is 0 Å². The summed E-state index contributed by atoms with van der Waals surface area (Å²) < 4.78 is 1.15. The number of hydrogen-bond donors (Lipinski definition) is 2. The van der Waals surface area contributed by atoms with Crippen LogP contribution < -0.4 is 10.6 Å². The van der Waals surface area contributed by atoms with E-state index in [1.807, 2.05) is 24.3 Å². The third kappa shape index (κ3) is 6.09. The minimum atomic E-state index is -0.154. The molecule has 4 nitrogen and oxygen atoms in total. The number of benzene rings is 1. The van der Waals surface area contributed by atoms with Gasteiger partial charge in [-0.3, -0.25) is 4.90 Å². The van der Waals surface area contributed by atoms with Crippen LogP contribution in [0.2, 0.25) is 0 Å². The van der Waals surface area contributed by atoms with Crippen LogP contribution in [0, 0.1) is 3.57 Å². The zero-order valence-electron chi connectivity index (χ0n) is 12.6. The summed E-state index contributed by atoms with van der Waals surface area (Å²) in [6, 6.07) is 8.54. The average Bonchev–Trinajstić information content (AvgIpc) is 2.36. The van der Waals surface area contributed by atoms with Gasteiger partial charge in [0.2, 0.25) is 0 Å². The first kappa shape index (κ1) is 17.2. The van der Waals surface area contributed by atoms with Crippen molar-refractivity contribution in [3.05, 3.63) is 27.8 Å². The summed E-state index contributed by atoms with van der Waals surface area (Å²) in [7, 11) is 0. The second kappa shape index (κ2) is 8.46. The van der Waals surface area contributed by atoms with E-state index >= 15 is 0 Å². The van der Waals surface area contributed by atoms with E-state index in [4.69, 9.17) is 0 Å². The maximum Gasteiger partial charge on any atom is 0.319 e. The largest absolute Gasteiger partial charge is 0.337 e. The molecule has 0 radical (unpaired) electrons. The second-order valence-corrected chi connectivity index (χ2v) is 6.56. The molecule has 0 bridgehead atoms. The Morgan fingerprint density at radius 1 is 1.15 bits per heavy atom. The number of carbonyl (C=O) groups is 1.